The van der Waals surface area contributed by atoms with Crippen molar-refractivity contribution in [2.45, 2.75) is 44.4 Å². The lowest BCUT2D eigenvalue weighted by Gasteiger charge is -2.23. The standard InChI is InChI=1S/C13H18ClNO/c1-2-12(15-11-7-8-11)13(16)9-3-5-10(14)6-4-9/h3-6,11-13,15-16H,2,7-8H2,1H3. The summed E-state index contributed by atoms with van der Waals surface area (Å²) < 4.78 is 0. The lowest BCUT2D eigenvalue weighted by atomic mass is 10.0. The molecule has 16 heavy (non-hydrogen) atoms. The summed E-state index contributed by atoms with van der Waals surface area (Å²) >= 11 is 5.83. The van der Waals surface area contributed by atoms with Crippen LogP contribution in [0.2, 0.25) is 5.02 Å². The summed E-state index contributed by atoms with van der Waals surface area (Å²) in [5.41, 5.74) is 0.935. The third kappa shape index (κ3) is 2.97. The van der Waals surface area contributed by atoms with Gasteiger partial charge in [-0.05, 0) is 37.0 Å². The van der Waals surface area contributed by atoms with Crippen LogP contribution in [0.3, 0.4) is 0 Å². The average Bonchev–Trinajstić information content (AvgIpc) is 3.10. The fraction of sp³-hybridized carbons (Fsp3) is 0.538. The molecule has 3 heteroatoms. The monoisotopic (exact) mass is 239 g/mol. The second-order valence-corrected chi connectivity index (χ2v) is 4.89. The third-order valence-electron chi connectivity index (χ3n) is 3.06. The van der Waals surface area contributed by atoms with E-state index in [-0.39, 0.29) is 6.04 Å². The second kappa shape index (κ2) is 5.17. The van der Waals surface area contributed by atoms with Crippen molar-refractivity contribution in [2.75, 3.05) is 0 Å². The van der Waals surface area contributed by atoms with Crippen LogP contribution in [-0.2, 0) is 0 Å². The van der Waals surface area contributed by atoms with Crippen molar-refractivity contribution in [1.82, 2.24) is 5.32 Å². The van der Waals surface area contributed by atoms with E-state index < -0.39 is 6.10 Å². The first-order chi connectivity index (χ1) is 7.70. The van der Waals surface area contributed by atoms with Gasteiger partial charge in [-0.3, -0.25) is 0 Å². The van der Waals surface area contributed by atoms with Gasteiger partial charge < -0.3 is 10.4 Å². The summed E-state index contributed by atoms with van der Waals surface area (Å²) in [6.07, 6.45) is 2.97. The number of aliphatic hydroxyl groups excluding tert-OH is 1. The summed E-state index contributed by atoms with van der Waals surface area (Å²) in [6.45, 7) is 2.10. The van der Waals surface area contributed by atoms with E-state index in [0.29, 0.717) is 11.1 Å². The number of rotatable bonds is 5. The molecule has 2 N–H and O–H groups in total. The van der Waals surface area contributed by atoms with Crippen molar-refractivity contribution in [1.29, 1.82) is 0 Å². The smallest absolute Gasteiger partial charge is 0.0942 e. The van der Waals surface area contributed by atoms with Crippen LogP contribution in [0.4, 0.5) is 0 Å². The number of hydrogen-bond donors (Lipinski definition) is 2. The first-order valence-electron chi connectivity index (χ1n) is 5.90. The Bertz CT molecular complexity index is 334. The van der Waals surface area contributed by atoms with Crippen molar-refractivity contribution in [3.05, 3.63) is 34.9 Å². The summed E-state index contributed by atoms with van der Waals surface area (Å²) in [4.78, 5) is 0. The van der Waals surface area contributed by atoms with Crippen molar-refractivity contribution >= 4 is 11.6 Å². The maximum absolute atomic E-state index is 10.2. The highest BCUT2D eigenvalue weighted by molar-refractivity contribution is 6.30. The van der Waals surface area contributed by atoms with Crippen LogP contribution in [0.15, 0.2) is 24.3 Å². The largest absolute Gasteiger partial charge is 0.387 e. The normalized spacial score (nSPS) is 19.4. The Morgan fingerprint density at radius 1 is 1.38 bits per heavy atom. The molecule has 1 aromatic carbocycles. The molecular formula is C13H18ClNO. The molecule has 88 valence electrons. The molecule has 0 radical (unpaired) electrons. The zero-order chi connectivity index (χ0) is 11.5. The van der Waals surface area contributed by atoms with E-state index in [1.54, 1.807) is 0 Å². The molecule has 0 bridgehead atoms. The van der Waals surface area contributed by atoms with Crippen molar-refractivity contribution < 1.29 is 5.11 Å². The predicted molar refractivity (Wildman–Crippen MR) is 66.6 cm³/mol. The minimum atomic E-state index is -0.442. The van der Waals surface area contributed by atoms with E-state index in [2.05, 4.69) is 12.2 Å². The Morgan fingerprint density at radius 2 is 2.00 bits per heavy atom. The van der Waals surface area contributed by atoms with Crippen molar-refractivity contribution in [3.8, 4) is 0 Å². The maximum atomic E-state index is 10.2. The van der Waals surface area contributed by atoms with E-state index in [0.717, 1.165) is 12.0 Å². The Labute approximate surface area is 102 Å². The zero-order valence-corrected chi connectivity index (χ0v) is 10.2. The molecule has 1 fully saturated rings. The first-order valence-corrected chi connectivity index (χ1v) is 6.28. The Balaban J connectivity index is 2.02. The van der Waals surface area contributed by atoms with Crippen molar-refractivity contribution in [3.63, 3.8) is 0 Å². The minimum Gasteiger partial charge on any atom is -0.387 e. The summed E-state index contributed by atoms with van der Waals surface area (Å²) in [5, 5.41) is 14.4. The molecule has 2 nitrogen and oxygen atoms in total. The van der Waals surface area contributed by atoms with Crippen LogP contribution >= 0.6 is 11.6 Å². The summed E-state index contributed by atoms with van der Waals surface area (Å²) in [5.74, 6) is 0. The quantitative estimate of drug-likeness (QED) is 0.828. The fourth-order valence-electron chi connectivity index (χ4n) is 1.88. The number of hydrogen-bond acceptors (Lipinski definition) is 2. The lowest BCUT2D eigenvalue weighted by Crippen LogP contribution is -2.35. The predicted octanol–water partition coefficient (Wildman–Crippen LogP) is 2.90. The second-order valence-electron chi connectivity index (χ2n) is 4.45. The lowest BCUT2D eigenvalue weighted by molar-refractivity contribution is 0.125. The average molecular weight is 240 g/mol. The molecule has 1 aliphatic carbocycles. The topological polar surface area (TPSA) is 32.3 Å². The van der Waals surface area contributed by atoms with Gasteiger partial charge in [-0.1, -0.05) is 30.7 Å². The highest BCUT2D eigenvalue weighted by atomic mass is 35.5. The van der Waals surface area contributed by atoms with Crippen molar-refractivity contribution in [2.24, 2.45) is 0 Å². The molecule has 2 atom stereocenters. The molecule has 2 unspecified atom stereocenters. The minimum absolute atomic E-state index is 0.147. The SMILES string of the molecule is CCC(NC1CC1)C(O)c1ccc(Cl)cc1. The first kappa shape index (κ1) is 11.9. The summed E-state index contributed by atoms with van der Waals surface area (Å²) in [6, 6.07) is 8.20. The number of halogens is 1. The maximum Gasteiger partial charge on any atom is 0.0942 e. The van der Waals surface area contributed by atoms with Gasteiger partial charge in [0.1, 0.15) is 0 Å². The van der Waals surface area contributed by atoms with Gasteiger partial charge in [0.2, 0.25) is 0 Å². The van der Waals surface area contributed by atoms with Gasteiger partial charge in [0, 0.05) is 17.1 Å². The van der Waals surface area contributed by atoms with Crippen LogP contribution in [0.25, 0.3) is 0 Å². The molecule has 0 aliphatic heterocycles. The Hall–Kier alpha value is -0.570. The van der Waals surface area contributed by atoms with Crippen LogP contribution in [0.5, 0.6) is 0 Å². The number of nitrogens with one attached hydrogen (secondary N) is 1. The van der Waals surface area contributed by atoms with Gasteiger partial charge in [-0.2, -0.15) is 0 Å². The highest BCUT2D eigenvalue weighted by Gasteiger charge is 2.27. The molecule has 1 saturated carbocycles. The fourth-order valence-corrected chi connectivity index (χ4v) is 2.00. The zero-order valence-electron chi connectivity index (χ0n) is 9.49. The van der Waals surface area contributed by atoms with E-state index in [9.17, 15) is 5.11 Å². The van der Waals surface area contributed by atoms with Gasteiger partial charge in [-0.25, -0.2) is 0 Å². The van der Waals surface area contributed by atoms with Gasteiger partial charge in [-0.15, -0.1) is 0 Å². The van der Waals surface area contributed by atoms with E-state index in [1.807, 2.05) is 24.3 Å². The molecule has 0 heterocycles. The van der Waals surface area contributed by atoms with Crippen LogP contribution in [0, 0.1) is 0 Å². The summed E-state index contributed by atoms with van der Waals surface area (Å²) in [7, 11) is 0. The van der Waals surface area contributed by atoms with Crippen LogP contribution in [0.1, 0.15) is 37.9 Å². The number of benzene rings is 1. The molecule has 0 saturated heterocycles. The van der Waals surface area contributed by atoms with Crippen LogP contribution < -0.4 is 5.32 Å². The Morgan fingerprint density at radius 3 is 2.50 bits per heavy atom. The molecule has 2 rings (SSSR count). The van der Waals surface area contributed by atoms with E-state index in [4.69, 9.17) is 11.6 Å². The van der Waals surface area contributed by atoms with Gasteiger partial charge in [0.25, 0.3) is 0 Å². The van der Waals surface area contributed by atoms with Gasteiger partial charge in [0.05, 0.1) is 6.10 Å². The van der Waals surface area contributed by atoms with Gasteiger partial charge >= 0.3 is 0 Å². The molecule has 0 spiro atoms. The number of aliphatic hydroxyl groups is 1. The molecule has 0 aromatic heterocycles. The van der Waals surface area contributed by atoms with E-state index >= 15 is 0 Å². The highest BCUT2D eigenvalue weighted by Crippen LogP contribution is 2.25. The van der Waals surface area contributed by atoms with E-state index in [1.165, 1.54) is 12.8 Å². The molecule has 1 aromatic rings. The van der Waals surface area contributed by atoms with Gasteiger partial charge in [0.15, 0.2) is 0 Å². The van der Waals surface area contributed by atoms with Crippen LogP contribution in [-0.4, -0.2) is 17.2 Å². The molecule has 0 amide bonds. The Kier molecular flexibility index (Phi) is 3.85. The third-order valence-corrected chi connectivity index (χ3v) is 3.31. The molecular weight excluding hydrogens is 222 g/mol. The molecule has 1 aliphatic rings.